The van der Waals surface area contributed by atoms with Crippen LogP contribution in [0.25, 0.3) is 5.57 Å². The second-order valence-corrected chi connectivity index (χ2v) is 6.82. The maximum Gasteiger partial charge on any atom is 0.194 e. The standard InChI is InChI=1S/C21H13BrN4/c22-16-8-6-14(7-9-16)17-10-19(15-4-2-1-3-5-15)21(12-24,13-25)20(26)18(17)11-23/h1-10,19H,26H2/t19-/m1/s1. The summed E-state index contributed by atoms with van der Waals surface area (Å²) < 4.78 is 0.913. The second kappa shape index (κ2) is 6.89. The summed E-state index contributed by atoms with van der Waals surface area (Å²) in [6.45, 7) is 0. The third kappa shape index (κ3) is 2.68. The van der Waals surface area contributed by atoms with Crippen LogP contribution in [0.3, 0.4) is 0 Å². The van der Waals surface area contributed by atoms with Crippen molar-refractivity contribution in [2.24, 2.45) is 11.1 Å². The Morgan fingerprint density at radius 2 is 1.54 bits per heavy atom. The van der Waals surface area contributed by atoms with Gasteiger partial charge in [0, 0.05) is 10.4 Å². The van der Waals surface area contributed by atoms with Gasteiger partial charge < -0.3 is 5.73 Å². The van der Waals surface area contributed by atoms with Gasteiger partial charge in [0.05, 0.1) is 23.4 Å². The number of hydrogen-bond acceptors (Lipinski definition) is 4. The van der Waals surface area contributed by atoms with E-state index in [4.69, 9.17) is 5.73 Å². The highest BCUT2D eigenvalue weighted by Gasteiger charge is 2.47. The molecule has 0 unspecified atom stereocenters. The van der Waals surface area contributed by atoms with Crippen LogP contribution < -0.4 is 5.73 Å². The smallest absolute Gasteiger partial charge is 0.194 e. The first-order valence-electron chi connectivity index (χ1n) is 7.83. The molecule has 0 saturated heterocycles. The molecular weight excluding hydrogens is 388 g/mol. The summed E-state index contributed by atoms with van der Waals surface area (Å²) in [7, 11) is 0. The molecule has 0 fully saturated rings. The lowest BCUT2D eigenvalue weighted by Gasteiger charge is -2.33. The maximum atomic E-state index is 9.82. The molecule has 0 radical (unpaired) electrons. The van der Waals surface area contributed by atoms with Crippen molar-refractivity contribution < 1.29 is 0 Å². The van der Waals surface area contributed by atoms with E-state index >= 15 is 0 Å². The number of allylic oxidation sites excluding steroid dienone is 4. The van der Waals surface area contributed by atoms with Gasteiger partial charge >= 0.3 is 0 Å². The molecule has 124 valence electrons. The third-order valence-corrected chi connectivity index (χ3v) is 5.07. The van der Waals surface area contributed by atoms with Crippen LogP contribution in [-0.2, 0) is 0 Å². The third-order valence-electron chi connectivity index (χ3n) is 4.54. The summed E-state index contributed by atoms with van der Waals surface area (Å²) in [5.41, 5.74) is 7.02. The topological polar surface area (TPSA) is 97.4 Å². The Bertz CT molecular complexity index is 1010. The lowest BCUT2D eigenvalue weighted by Crippen LogP contribution is -2.35. The van der Waals surface area contributed by atoms with Crippen LogP contribution in [-0.4, -0.2) is 0 Å². The fraction of sp³-hybridized carbons (Fsp3) is 0.0952. The second-order valence-electron chi connectivity index (χ2n) is 5.91. The highest BCUT2D eigenvalue weighted by molar-refractivity contribution is 9.10. The maximum absolute atomic E-state index is 9.82. The quantitative estimate of drug-likeness (QED) is 0.807. The summed E-state index contributed by atoms with van der Waals surface area (Å²) in [6.07, 6.45) is 1.81. The van der Waals surface area contributed by atoms with E-state index in [9.17, 15) is 15.8 Å². The first-order valence-corrected chi connectivity index (χ1v) is 8.62. The fourth-order valence-corrected chi connectivity index (χ4v) is 3.43. The van der Waals surface area contributed by atoms with Crippen molar-refractivity contribution in [3.05, 3.63) is 87.5 Å². The van der Waals surface area contributed by atoms with Crippen molar-refractivity contribution in [3.8, 4) is 18.2 Å². The lowest BCUT2D eigenvalue weighted by atomic mass is 9.66. The predicted molar refractivity (Wildman–Crippen MR) is 102 cm³/mol. The molecule has 2 aromatic rings. The molecule has 0 aliphatic heterocycles. The van der Waals surface area contributed by atoms with Gasteiger partial charge in [0.15, 0.2) is 5.41 Å². The SMILES string of the molecule is N#CC1=C(N)C(C#N)(C#N)[C@@H](c2ccccc2)C=C1c1ccc(Br)cc1. The fourth-order valence-electron chi connectivity index (χ4n) is 3.17. The Morgan fingerprint density at radius 1 is 0.923 bits per heavy atom. The van der Waals surface area contributed by atoms with Gasteiger partial charge in [-0.2, -0.15) is 15.8 Å². The summed E-state index contributed by atoms with van der Waals surface area (Å²) in [5, 5.41) is 29.3. The molecule has 1 atom stereocenters. The molecule has 0 amide bonds. The number of benzene rings is 2. The van der Waals surface area contributed by atoms with Crippen LogP contribution in [0.1, 0.15) is 17.0 Å². The van der Waals surface area contributed by atoms with E-state index in [1.807, 2.05) is 54.6 Å². The average Bonchev–Trinajstić information content (AvgIpc) is 2.69. The van der Waals surface area contributed by atoms with Crippen LogP contribution in [0.4, 0.5) is 0 Å². The minimum atomic E-state index is -1.62. The molecule has 1 aliphatic rings. The molecule has 0 bridgehead atoms. The molecule has 0 heterocycles. The van der Waals surface area contributed by atoms with Gasteiger partial charge in [-0.1, -0.05) is 64.5 Å². The van der Waals surface area contributed by atoms with Crippen molar-refractivity contribution in [2.45, 2.75) is 5.92 Å². The van der Waals surface area contributed by atoms with Gasteiger partial charge in [-0.15, -0.1) is 0 Å². The molecule has 2 aromatic carbocycles. The normalized spacial score (nSPS) is 18.2. The Balaban J connectivity index is 2.30. The number of nitrogens with zero attached hydrogens (tertiary/aromatic N) is 3. The van der Waals surface area contributed by atoms with Crippen LogP contribution >= 0.6 is 15.9 Å². The van der Waals surface area contributed by atoms with Gasteiger partial charge in [0.1, 0.15) is 6.07 Å². The molecule has 3 rings (SSSR count). The largest absolute Gasteiger partial charge is 0.399 e. The monoisotopic (exact) mass is 400 g/mol. The van der Waals surface area contributed by atoms with E-state index in [0.717, 1.165) is 15.6 Å². The Kier molecular flexibility index (Phi) is 4.63. The minimum absolute atomic E-state index is 0.000674. The predicted octanol–water partition coefficient (Wildman–Crippen LogP) is 4.40. The molecule has 26 heavy (non-hydrogen) atoms. The van der Waals surface area contributed by atoms with Crippen molar-refractivity contribution in [3.63, 3.8) is 0 Å². The van der Waals surface area contributed by atoms with Gasteiger partial charge in [-0.05, 0) is 28.8 Å². The van der Waals surface area contributed by atoms with E-state index in [0.29, 0.717) is 5.57 Å². The van der Waals surface area contributed by atoms with Crippen LogP contribution in [0.15, 0.2) is 76.4 Å². The average molecular weight is 401 g/mol. The zero-order chi connectivity index (χ0) is 18.7. The van der Waals surface area contributed by atoms with Crippen molar-refractivity contribution in [1.29, 1.82) is 15.8 Å². The molecule has 0 spiro atoms. The Labute approximate surface area is 160 Å². The van der Waals surface area contributed by atoms with E-state index in [1.165, 1.54) is 0 Å². The van der Waals surface area contributed by atoms with E-state index in [2.05, 4.69) is 34.1 Å². The van der Waals surface area contributed by atoms with Crippen molar-refractivity contribution >= 4 is 21.5 Å². The highest BCUT2D eigenvalue weighted by atomic mass is 79.9. The minimum Gasteiger partial charge on any atom is -0.399 e. The molecule has 5 heteroatoms. The van der Waals surface area contributed by atoms with Crippen LogP contribution in [0.5, 0.6) is 0 Å². The van der Waals surface area contributed by atoms with Gasteiger partial charge in [0.25, 0.3) is 0 Å². The van der Waals surface area contributed by atoms with Gasteiger partial charge in [-0.3, -0.25) is 0 Å². The zero-order valence-electron chi connectivity index (χ0n) is 13.6. The molecule has 4 nitrogen and oxygen atoms in total. The molecule has 1 aliphatic carbocycles. The van der Waals surface area contributed by atoms with Crippen LogP contribution in [0.2, 0.25) is 0 Å². The van der Waals surface area contributed by atoms with E-state index in [1.54, 1.807) is 6.08 Å². The number of hydrogen-bond donors (Lipinski definition) is 1. The first-order chi connectivity index (χ1) is 12.6. The molecule has 0 saturated carbocycles. The Morgan fingerprint density at radius 3 is 2.08 bits per heavy atom. The van der Waals surface area contributed by atoms with Crippen molar-refractivity contribution in [1.82, 2.24) is 0 Å². The van der Waals surface area contributed by atoms with E-state index in [-0.39, 0.29) is 11.3 Å². The summed E-state index contributed by atoms with van der Waals surface area (Å²) in [6, 6.07) is 23.0. The van der Waals surface area contributed by atoms with Crippen LogP contribution in [0, 0.1) is 39.4 Å². The Hall–Kier alpha value is -3.33. The number of nitriles is 3. The lowest BCUT2D eigenvalue weighted by molar-refractivity contribution is 0.534. The van der Waals surface area contributed by atoms with Gasteiger partial charge in [-0.25, -0.2) is 0 Å². The number of nitrogens with two attached hydrogens (primary N) is 1. The van der Waals surface area contributed by atoms with E-state index < -0.39 is 11.3 Å². The zero-order valence-corrected chi connectivity index (χ0v) is 15.2. The highest BCUT2D eigenvalue weighted by Crippen LogP contribution is 2.48. The molecule has 2 N–H and O–H groups in total. The van der Waals surface area contributed by atoms with Crippen molar-refractivity contribution in [2.75, 3.05) is 0 Å². The molecular formula is C21H13BrN4. The number of halogens is 1. The van der Waals surface area contributed by atoms with Gasteiger partial charge in [0.2, 0.25) is 0 Å². The summed E-state index contributed by atoms with van der Waals surface area (Å²) in [5.74, 6) is -0.575. The summed E-state index contributed by atoms with van der Waals surface area (Å²) >= 11 is 3.40. The number of rotatable bonds is 2. The first kappa shape index (κ1) is 17.5. The summed E-state index contributed by atoms with van der Waals surface area (Å²) in [4.78, 5) is 0. The molecule has 0 aromatic heterocycles.